The van der Waals surface area contributed by atoms with Gasteiger partial charge in [0.15, 0.2) is 0 Å². The predicted octanol–water partition coefficient (Wildman–Crippen LogP) is 2.93. The van der Waals surface area contributed by atoms with Crippen LogP contribution in [-0.4, -0.2) is 35.5 Å². The zero-order valence-corrected chi connectivity index (χ0v) is 13.6. The fourth-order valence-electron chi connectivity index (χ4n) is 3.39. The maximum atomic E-state index is 13.4. The van der Waals surface area contributed by atoms with Crippen LogP contribution in [0, 0.1) is 17.6 Å². The van der Waals surface area contributed by atoms with Crippen LogP contribution in [0.25, 0.3) is 11.5 Å². The van der Waals surface area contributed by atoms with Gasteiger partial charge in [-0.25, -0.2) is 13.8 Å². The standard InChI is InChI=1S/C18H18F2N2O3/c19-13-7-12(8-14(20)9-13)17-21-15-10-22(4-1-16(15)25-17)18(23)11-2-5-24-6-3-11/h7-9,11H,1-6,10H2. The average Bonchev–Trinajstić information content (AvgIpc) is 3.04. The van der Waals surface area contributed by atoms with Crippen molar-refractivity contribution >= 4 is 5.91 Å². The lowest BCUT2D eigenvalue weighted by molar-refractivity contribution is -0.139. The molecule has 0 radical (unpaired) electrons. The fraction of sp³-hybridized carbons (Fsp3) is 0.444. The van der Waals surface area contributed by atoms with E-state index >= 15 is 0 Å². The first-order valence-corrected chi connectivity index (χ1v) is 8.42. The minimum absolute atomic E-state index is 0.000938. The number of ether oxygens (including phenoxy) is 1. The predicted molar refractivity (Wildman–Crippen MR) is 84.5 cm³/mol. The summed E-state index contributed by atoms with van der Waals surface area (Å²) in [6, 6.07) is 3.18. The smallest absolute Gasteiger partial charge is 0.226 e. The highest BCUT2D eigenvalue weighted by atomic mass is 19.1. The minimum atomic E-state index is -0.678. The molecular weight excluding hydrogens is 330 g/mol. The number of hydrogen-bond donors (Lipinski definition) is 0. The Morgan fingerprint density at radius 3 is 2.60 bits per heavy atom. The van der Waals surface area contributed by atoms with Crippen LogP contribution in [0.1, 0.15) is 24.3 Å². The molecule has 132 valence electrons. The molecule has 4 rings (SSSR count). The highest BCUT2D eigenvalue weighted by Gasteiger charge is 2.31. The summed E-state index contributed by atoms with van der Waals surface area (Å²) in [5.41, 5.74) is 0.917. The molecule has 0 bridgehead atoms. The monoisotopic (exact) mass is 348 g/mol. The van der Waals surface area contributed by atoms with Crippen molar-refractivity contribution < 1.29 is 22.7 Å². The third-order valence-electron chi connectivity index (χ3n) is 4.72. The summed E-state index contributed by atoms with van der Waals surface area (Å²) >= 11 is 0. The van der Waals surface area contributed by atoms with Crippen LogP contribution >= 0.6 is 0 Å². The van der Waals surface area contributed by atoms with E-state index in [9.17, 15) is 13.6 Å². The lowest BCUT2D eigenvalue weighted by Crippen LogP contribution is -2.41. The second-order valence-electron chi connectivity index (χ2n) is 6.44. The molecule has 0 unspecified atom stereocenters. The molecule has 2 aliphatic rings. The van der Waals surface area contributed by atoms with E-state index in [2.05, 4.69) is 4.98 Å². The van der Waals surface area contributed by atoms with Gasteiger partial charge in [0.2, 0.25) is 11.8 Å². The van der Waals surface area contributed by atoms with Crippen molar-refractivity contribution in [3.8, 4) is 11.5 Å². The molecule has 2 aliphatic heterocycles. The van der Waals surface area contributed by atoms with Gasteiger partial charge in [-0.15, -0.1) is 0 Å². The normalized spacial score (nSPS) is 18.2. The Balaban J connectivity index is 1.53. The fourth-order valence-corrected chi connectivity index (χ4v) is 3.39. The molecule has 0 atom stereocenters. The van der Waals surface area contributed by atoms with Crippen LogP contribution in [0.5, 0.6) is 0 Å². The third-order valence-corrected chi connectivity index (χ3v) is 4.72. The Morgan fingerprint density at radius 2 is 1.88 bits per heavy atom. The summed E-state index contributed by atoms with van der Waals surface area (Å²) in [6.07, 6.45) is 2.04. The third kappa shape index (κ3) is 3.28. The van der Waals surface area contributed by atoms with Gasteiger partial charge >= 0.3 is 0 Å². The molecule has 1 aromatic carbocycles. The highest BCUT2D eigenvalue weighted by molar-refractivity contribution is 5.79. The van der Waals surface area contributed by atoms with Crippen LogP contribution in [0.3, 0.4) is 0 Å². The molecule has 1 amide bonds. The number of carbonyl (C=O) groups excluding carboxylic acids is 1. The lowest BCUT2D eigenvalue weighted by atomic mass is 9.97. The van der Waals surface area contributed by atoms with E-state index in [0.29, 0.717) is 44.2 Å². The molecule has 1 saturated heterocycles. The van der Waals surface area contributed by atoms with Crippen molar-refractivity contribution in [3.05, 3.63) is 41.3 Å². The van der Waals surface area contributed by atoms with Gasteiger partial charge < -0.3 is 14.1 Å². The molecule has 0 saturated carbocycles. The Kier molecular flexibility index (Phi) is 4.25. The van der Waals surface area contributed by atoms with Gasteiger partial charge in [-0.2, -0.15) is 0 Å². The first kappa shape index (κ1) is 16.2. The van der Waals surface area contributed by atoms with Gasteiger partial charge in [-0.1, -0.05) is 0 Å². The quantitative estimate of drug-likeness (QED) is 0.837. The molecule has 1 aromatic heterocycles. The largest absolute Gasteiger partial charge is 0.441 e. The number of benzene rings is 1. The molecule has 0 N–H and O–H groups in total. The van der Waals surface area contributed by atoms with E-state index in [0.717, 1.165) is 18.9 Å². The van der Waals surface area contributed by atoms with E-state index in [-0.39, 0.29) is 23.3 Å². The van der Waals surface area contributed by atoms with E-state index < -0.39 is 11.6 Å². The van der Waals surface area contributed by atoms with Crippen LogP contribution in [0.2, 0.25) is 0 Å². The topological polar surface area (TPSA) is 55.6 Å². The molecule has 0 spiro atoms. The molecular formula is C18H18F2N2O3. The first-order valence-electron chi connectivity index (χ1n) is 8.42. The van der Waals surface area contributed by atoms with E-state index in [1.807, 2.05) is 0 Å². The summed E-state index contributed by atoms with van der Waals surface area (Å²) in [7, 11) is 0. The molecule has 1 fully saturated rings. The number of rotatable bonds is 2. The van der Waals surface area contributed by atoms with Crippen molar-refractivity contribution in [1.29, 1.82) is 0 Å². The number of hydrogen-bond acceptors (Lipinski definition) is 4. The molecule has 0 aliphatic carbocycles. The Hall–Kier alpha value is -2.28. The number of aromatic nitrogens is 1. The molecule has 25 heavy (non-hydrogen) atoms. The number of oxazole rings is 1. The minimum Gasteiger partial charge on any atom is -0.441 e. The highest BCUT2D eigenvalue weighted by Crippen LogP contribution is 2.28. The number of halogens is 2. The van der Waals surface area contributed by atoms with Gasteiger partial charge in [0.1, 0.15) is 23.1 Å². The van der Waals surface area contributed by atoms with E-state index in [4.69, 9.17) is 9.15 Å². The SMILES string of the molecule is O=C(C1CCOCC1)N1CCc2oc(-c3cc(F)cc(F)c3)nc2C1. The van der Waals surface area contributed by atoms with E-state index in [1.165, 1.54) is 12.1 Å². The van der Waals surface area contributed by atoms with Crippen LogP contribution in [0.4, 0.5) is 8.78 Å². The van der Waals surface area contributed by atoms with Gasteiger partial charge in [0.05, 0.1) is 6.54 Å². The van der Waals surface area contributed by atoms with Gasteiger partial charge in [0, 0.05) is 43.7 Å². The molecule has 5 nitrogen and oxygen atoms in total. The molecule has 3 heterocycles. The maximum absolute atomic E-state index is 13.4. The van der Waals surface area contributed by atoms with Gasteiger partial charge in [-0.3, -0.25) is 4.79 Å². The van der Waals surface area contributed by atoms with Gasteiger partial charge in [0.25, 0.3) is 0 Å². The molecule has 2 aromatic rings. The zero-order chi connectivity index (χ0) is 17.4. The summed E-state index contributed by atoms with van der Waals surface area (Å²) in [4.78, 5) is 18.8. The van der Waals surface area contributed by atoms with Crippen molar-refractivity contribution in [2.45, 2.75) is 25.8 Å². The Morgan fingerprint density at radius 1 is 1.16 bits per heavy atom. The van der Waals surface area contributed by atoms with Crippen LogP contribution in [-0.2, 0) is 22.5 Å². The lowest BCUT2D eigenvalue weighted by Gasteiger charge is -2.30. The van der Waals surface area contributed by atoms with Crippen molar-refractivity contribution in [2.75, 3.05) is 19.8 Å². The summed E-state index contributed by atoms with van der Waals surface area (Å²) in [5, 5.41) is 0. The van der Waals surface area contributed by atoms with Crippen molar-refractivity contribution in [3.63, 3.8) is 0 Å². The maximum Gasteiger partial charge on any atom is 0.226 e. The zero-order valence-electron chi connectivity index (χ0n) is 13.6. The average molecular weight is 348 g/mol. The van der Waals surface area contributed by atoms with Crippen LogP contribution < -0.4 is 0 Å². The van der Waals surface area contributed by atoms with Crippen LogP contribution in [0.15, 0.2) is 22.6 Å². The summed E-state index contributed by atoms with van der Waals surface area (Å²) < 4.78 is 37.8. The number of amides is 1. The Bertz CT molecular complexity index is 779. The first-order chi connectivity index (χ1) is 12.1. The summed E-state index contributed by atoms with van der Waals surface area (Å²) in [6.45, 7) is 2.17. The summed E-state index contributed by atoms with van der Waals surface area (Å²) in [5.74, 6) is -0.376. The number of nitrogens with zero attached hydrogens (tertiary/aromatic N) is 2. The number of fused-ring (bicyclic) bond motifs is 1. The Labute approximate surface area is 143 Å². The van der Waals surface area contributed by atoms with Crippen molar-refractivity contribution in [2.24, 2.45) is 5.92 Å². The van der Waals surface area contributed by atoms with E-state index in [1.54, 1.807) is 4.90 Å². The molecule has 7 heteroatoms. The second-order valence-corrected chi connectivity index (χ2v) is 6.44. The van der Waals surface area contributed by atoms with Crippen molar-refractivity contribution in [1.82, 2.24) is 9.88 Å². The van der Waals surface area contributed by atoms with Gasteiger partial charge in [-0.05, 0) is 25.0 Å². The second kappa shape index (κ2) is 6.55. The number of carbonyl (C=O) groups is 1.